The Morgan fingerprint density at radius 3 is 2.42 bits per heavy atom. The molecule has 0 saturated carbocycles. The molecule has 10 rings (SSSR count). The first kappa shape index (κ1) is 43.0. The van der Waals surface area contributed by atoms with E-state index in [1.165, 1.54) is 0 Å². The van der Waals surface area contributed by atoms with Crippen LogP contribution in [0, 0.1) is 5.92 Å². The van der Waals surface area contributed by atoms with Crippen LogP contribution >= 0.6 is 0 Å². The number of likely N-dealkylation sites (tertiary alicyclic amines) is 1. The number of amides is 5. The Labute approximate surface area is 376 Å². The largest absolute Gasteiger partial charge is 0.371 e. The molecule has 342 valence electrons. The van der Waals surface area contributed by atoms with Gasteiger partial charge in [-0.1, -0.05) is 6.07 Å². The van der Waals surface area contributed by atoms with E-state index >= 15 is 0 Å². The molecule has 15 nitrogen and oxygen atoms in total. The van der Waals surface area contributed by atoms with Gasteiger partial charge in [0.15, 0.2) is 5.82 Å². The Bertz CT molecular complexity index is 2560. The Morgan fingerprint density at radius 2 is 1.69 bits per heavy atom. The van der Waals surface area contributed by atoms with Crippen molar-refractivity contribution in [2.75, 3.05) is 55.6 Å². The van der Waals surface area contributed by atoms with Crippen molar-refractivity contribution in [3.05, 3.63) is 76.2 Å². The number of fused-ring (bicyclic) bond motifs is 3. The number of alkyl halides is 2. The molecule has 65 heavy (non-hydrogen) atoms. The SMILES string of the molecule is CC(=O)N1CCc2c(c(N3CCCc4cc(-c5cnn(C)c5)c(C(F)F)cc43)nn2C2CCN(CCCC3CCN(c4cccc5c4C(=O)N(C4CCC(=O)NC4=O)C5=O)CC3)CC2)C1. The highest BCUT2D eigenvalue weighted by Gasteiger charge is 2.46. The molecule has 2 aromatic heterocycles. The number of carbonyl (C=O) groups is 5. The molecule has 0 aliphatic carbocycles. The number of nitrogens with one attached hydrogen (secondary N) is 1. The number of anilines is 3. The van der Waals surface area contributed by atoms with Crippen LogP contribution in [0.4, 0.5) is 26.0 Å². The van der Waals surface area contributed by atoms with Crippen molar-refractivity contribution in [1.29, 1.82) is 0 Å². The lowest BCUT2D eigenvalue weighted by molar-refractivity contribution is -0.136. The van der Waals surface area contributed by atoms with Crippen molar-refractivity contribution in [3.63, 3.8) is 0 Å². The molecule has 1 unspecified atom stereocenters. The van der Waals surface area contributed by atoms with Crippen molar-refractivity contribution in [2.24, 2.45) is 13.0 Å². The second-order valence-electron chi connectivity index (χ2n) is 18.7. The Kier molecular flexibility index (Phi) is 11.5. The highest BCUT2D eigenvalue weighted by atomic mass is 19.3. The van der Waals surface area contributed by atoms with Gasteiger partial charge in [0.25, 0.3) is 18.2 Å². The fourth-order valence-electron chi connectivity index (χ4n) is 11.3. The Balaban J connectivity index is 0.770. The van der Waals surface area contributed by atoms with Crippen molar-refractivity contribution in [3.8, 4) is 11.1 Å². The van der Waals surface area contributed by atoms with Gasteiger partial charge in [-0.25, -0.2) is 8.78 Å². The van der Waals surface area contributed by atoms with Crippen LogP contribution in [0.3, 0.4) is 0 Å². The lowest BCUT2D eigenvalue weighted by atomic mass is 9.91. The average Bonchev–Trinajstić information content (AvgIpc) is 3.99. The van der Waals surface area contributed by atoms with Gasteiger partial charge in [0.2, 0.25) is 17.7 Å². The van der Waals surface area contributed by atoms with Crippen LogP contribution in [0.25, 0.3) is 11.1 Å². The lowest BCUT2D eigenvalue weighted by Crippen LogP contribution is -2.54. The van der Waals surface area contributed by atoms with E-state index in [9.17, 15) is 32.8 Å². The summed E-state index contributed by atoms with van der Waals surface area (Å²) in [6, 6.07) is 8.11. The molecular formula is C48H56F2N10O5. The third kappa shape index (κ3) is 7.99. The van der Waals surface area contributed by atoms with Gasteiger partial charge < -0.3 is 19.6 Å². The summed E-state index contributed by atoms with van der Waals surface area (Å²) in [4.78, 5) is 73.9. The first-order valence-corrected chi connectivity index (χ1v) is 23.3. The quantitative estimate of drug-likeness (QED) is 0.190. The Hall–Kier alpha value is -5.97. The number of nitrogens with zero attached hydrogens (tertiary/aromatic N) is 9. The van der Waals surface area contributed by atoms with Gasteiger partial charge in [-0.2, -0.15) is 10.2 Å². The minimum atomic E-state index is -2.66. The van der Waals surface area contributed by atoms with Gasteiger partial charge in [0.05, 0.1) is 35.6 Å². The minimum Gasteiger partial charge on any atom is -0.371 e. The van der Waals surface area contributed by atoms with Crippen molar-refractivity contribution >= 4 is 46.7 Å². The molecule has 0 bridgehead atoms. The maximum absolute atomic E-state index is 14.7. The molecule has 6 aliphatic heterocycles. The van der Waals surface area contributed by atoms with E-state index < -0.39 is 36.1 Å². The van der Waals surface area contributed by atoms with Crippen LogP contribution in [-0.4, -0.2) is 116 Å². The molecule has 17 heteroatoms. The molecule has 5 amide bonds. The van der Waals surface area contributed by atoms with E-state index in [2.05, 4.69) is 29.8 Å². The van der Waals surface area contributed by atoms with Gasteiger partial charge in [-0.15, -0.1) is 0 Å². The first-order valence-electron chi connectivity index (χ1n) is 23.3. The van der Waals surface area contributed by atoms with Crippen LogP contribution in [0.2, 0.25) is 0 Å². The molecule has 1 N–H and O–H groups in total. The number of rotatable bonds is 10. The summed E-state index contributed by atoms with van der Waals surface area (Å²) in [5, 5.41) is 11.9. The number of halogens is 2. The summed E-state index contributed by atoms with van der Waals surface area (Å²) in [6.07, 6.45) is 9.35. The normalized spacial score (nSPS) is 21.0. The molecule has 3 fully saturated rings. The highest BCUT2D eigenvalue weighted by Crippen LogP contribution is 2.44. The van der Waals surface area contributed by atoms with Crippen LogP contribution in [0.1, 0.15) is 120 Å². The molecule has 4 aromatic rings. The van der Waals surface area contributed by atoms with Gasteiger partial charge in [-0.05, 0) is 106 Å². The standard InChI is InChI=1S/C48H56F2N10O5/c1-29(61)57-23-16-38-37(28-57)45(58-18-5-7-31-24-35(32-26-51-54(2)27-32)36(44(49)50)25-41(31)58)53-60(38)33-14-19-55(20-15-33)17-4-6-30-12-21-56(22-13-30)39-9-3-8-34-43(39)48(65)59(47(34)64)40-10-11-42(62)52-46(40)63/h3,8-9,24-27,30,33,40,44H,4-7,10-23,28H2,1-2H3,(H,52,62,63). The third-order valence-corrected chi connectivity index (χ3v) is 14.8. The number of aryl methyl sites for hydroxylation is 2. The van der Waals surface area contributed by atoms with E-state index in [1.807, 2.05) is 17.0 Å². The molecular weight excluding hydrogens is 835 g/mol. The molecule has 0 spiro atoms. The number of piperidine rings is 3. The zero-order chi connectivity index (χ0) is 45.1. The second kappa shape index (κ2) is 17.4. The van der Waals surface area contributed by atoms with Crippen molar-refractivity contribution in [2.45, 2.75) is 103 Å². The summed E-state index contributed by atoms with van der Waals surface area (Å²) in [5.41, 5.74) is 6.50. The fourth-order valence-corrected chi connectivity index (χ4v) is 11.3. The van der Waals surface area contributed by atoms with Gasteiger partial charge in [0, 0.05) is 100 Å². The van der Waals surface area contributed by atoms with Crippen LogP contribution in [0.5, 0.6) is 0 Å². The Morgan fingerprint density at radius 1 is 0.892 bits per heavy atom. The lowest BCUT2D eigenvalue weighted by Gasteiger charge is -2.36. The zero-order valence-corrected chi connectivity index (χ0v) is 37.1. The summed E-state index contributed by atoms with van der Waals surface area (Å²) >= 11 is 0. The fraction of sp³-hybridized carbons (Fsp3) is 0.521. The van der Waals surface area contributed by atoms with Crippen LogP contribution in [-0.2, 0) is 40.8 Å². The molecule has 0 radical (unpaired) electrons. The summed E-state index contributed by atoms with van der Waals surface area (Å²) in [6.45, 7) is 7.80. The van der Waals surface area contributed by atoms with Crippen molar-refractivity contribution in [1.82, 2.24) is 39.6 Å². The predicted molar refractivity (Wildman–Crippen MR) is 238 cm³/mol. The monoisotopic (exact) mass is 890 g/mol. The van der Waals surface area contributed by atoms with E-state index in [0.717, 1.165) is 123 Å². The first-order chi connectivity index (χ1) is 31.4. The van der Waals surface area contributed by atoms with Crippen molar-refractivity contribution < 1.29 is 32.8 Å². The second-order valence-corrected chi connectivity index (χ2v) is 18.7. The van der Waals surface area contributed by atoms with E-state index in [4.69, 9.17) is 5.10 Å². The summed E-state index contributed by atoms with van der Waals surface area (Å²) in [7, 11) is 1.78. The summed E-state index contributed by atoms with van der Waals surface area (Å²) < 4.78 is 33.3. The molecule has 6 aliphatic rings. The average molecular weight is 891 g/mol. The van der Waals surface area contributed by atoms with Gasteiger partial charge in [-0.3, -0.25) is 43.6 Å². The number of benzene rings is 2. The third-order valence-electron chi connectivity index (χ3n) is 14.8. The summed E-state index contributed by atoms with van der Waals surface area (Å²) in [5.74, 6) is -0.606. The smallest absolute Gasteiger partial charge is 0.264 e. The number of hydrogen-bond donors (Lipinski definition) is 1. The van der Waals surface area contributed by atoms with Gasteiger partial charge >= 0.3 is 0 Å². The van der Waals surface area contributed by atoms with E-state index in [0.29, 0.717) is 54.2 Å². The maximum Gasteiger partial charge on any atom is 0.264 e. The molecule has 8 heterocycles. The van der Waals surface area contributed by atoms with E-state index in [-0.39, 0.29) is 30.4 Å². The minimum absolute atomic E-state index is 0.0157. The highest BCUT2D eigenvalue weighted by molar-refractivity contribution is 6.25. The van der Waals surface area contributed by atoms with Gasteiger partial charge in [0.1, 0.15) is 6.04 Å². The zero-order valence-electron chi connectivity index (χ0n) is 37.1. The number of imide groups is 2. The number of carbonyl (C=O) groups excluding carboxylic acids is 5. The predicted octanol–water partition coefficient (Wildman–Crippen LogP) is 5.95. The topological polar surface area (TPSA) is 149 Å². The maximum atomic E-state index is 14.7. The van der Waals surface area contributed by atoms with E-state index in [1.54, 1.807) is 49.2 Å². The van der Waals surface area contributed by atoms with Crippen LogP contribution < -0.4 is 15.1 Å². The molecule has 3 saturated heterocycles. The van der Waals surface area contributed by atoms with Crippen LogP contribution in [0.15, 0.2) is 42.7 Å². The molecule has 2 aromatic carbocycles. The number of hydrogen-bond acceptors (Lipinski definition) is 10. The molecule has 1 atom stereocenters. The number of aromatic nitrogens is 4.